The summed E-state index contributed by atoms with van der Waals surface area (Å²) in [5.41, 5.74) is 2.96. The van der Waals surface area contributed by atoms with Gasteiger partial charge in [0.2, 0.25) is 5.91 Å². The number of rotatable bonds is 3. The Hall–Kier alpha value is -1.71. The molecule has 0 aromatic carbocycles. The standard InChI is InChI=1S/C23H33N3O/c1-4-16-17(22(2)9-8-21(27)26-12-11-22)7-10-23(3)18(16)5-6-19(23)20-15-24-13-14-25-20/h6,13-18H,4-5,7-12H2,1-3H3,(H,26,27). The van der Waals surface area contributed by atoms with Crippen LogP contribution < -0.4 is 5.32 Å². The molecule has 1 aromatic rings. The van der Waals surface area contributed by atoms with Crippen LogP contribution in [0, 0.1) is 28.6 Å². The second-order valence-electron chi connectivity index (χ2n) is 9.44. The summed E-state index contributed by atoms with van der Waals surface area (Å²) in [6.07, 6.45) is 15.6. The lowest BCUT2D eigenvalue weighted by Gasteiger charge is -2.53. The van der Waals surface area contributed by atoms with Gasteiger partial charge in [0.05, 0.1) is 11.9 Å². The predicted molar refractivity (Wildman–Crippen MR) is 108 cm³/mol. The van der Waals surface area contributed by atoms with Crippen LogP contribution in [0.2, 0.25) is 0 Å². The van der Waals surface area contributed by atoms with Crippen LogP contribution in [0.15, 0.2) is 24.7 Å². The van der Waals surface area contributed by atoms with E-state index < -0.39 is 0 Å². The average molecular weight is 368 g/mol. The number of carbonyl (C=O) groups is 1. The highest BCUT2D eigenvalue weighted by Crippen LogP contribution is 2.63. The Bertz CT molecular complexity index is 730. The fourth-order valence-corrected chi connectivity index (χ4v) is 6.60. The molecule has 1 saturated carbocycles. The Kier molecular flexibility index (Phi) is 4.85. The zero-order valence-electron chi connectivity index (χ0n) is 17.0. The van der Waals surface area contributed by atoms with Crippen LogP contribution in [-0.2, 0) is 4.79 Å². The summed E-state index contributed by atoms with van der Waals surface area (Å²) in [7, 11) is 0. The summed E-state index contributed by atoms with van der Waals surface area (Å²) in [4.78, 5) is 20.8. The molecule has 1 saturated heterocycles. The Labute approximate surface area is 163 Å². The molecule has 4 nitrogen and oxygen atoms in total. The van der Waals surface area contributed by atoms with E-state index in [2.05, 4.69) is 42.1 Å². The van der Waals surface area contributed by atoms with Gasteiger partial charge in [-0.05, 0) is 66.3 Å². The van der Waals surface area contributed by atoms with Crippen molar-refractivity contribution in [1.82, 2.24) is 15.3 Å². The Morgan fingerprint density at radius 2 is 2.04 bits per heavy atom. The first-order valence-corrected chi connectivity index (χ1v) is 10.7. The summed E-state index contributed by atoms with van der Waals surface area (Å²) in [6, 6.07) is 0. The van der Waals surface area contributed by atoms with Gasteiger partial charge in [-0.1, -0.05) is 33.3 Å². The number of hydrogen-bond acceptors (Lipinski definition) is 3. The molecule has 2 fully saturated rings. The molecule has 2 aliphatic carbocycles. The molecule has 4 rings (SSSR count). The van der Waals surface area contributed by atoms with Crippen molar-refractivity contribution < 1.29 is 4.79 Å². The molecule has 2 heterocycles. The van der Waals surface area contributed by atoms with Gasteiger partial charge in [-0.15, -0.1) is 0 Å². The summed E-state index contributed by atoms with van der Waals surface area (Å²) in [5.74, 6) is 2.34. The molecule has 1 amide bonds. The van der Waals surface area contributed by atoms with Crippen LogP contribution in [0.25, 0.3) is 5.57 Å². The molecule has 5 atom stereocenters. The second kappa shape index (κ2) is 7.03. The minimum absolute atomic E-state index is 0.211. The third-order valence-corrected chi connectivity index (χ3v) is 8.17. The lowest BCUT2D eigenvalue weighted by molar-refractivity contribution is -0.121. The van der Waals surface area contributed by atoms with E-state index in [-0.39, 0.29) is 16.7 Å². The van der Waals surface area contributed by atoms with Gasteiger partial charge in [0, 0.05) is 25.4 Å². The SMILES string of the molecule is CCC1C(C2(C)CCNC(=O)CC2)CCC2(C)C(c3cnccn3)=CCC12. The van der Waals surface area contributed by atoms with Crippen LogP contribution in [0.3, 0.4) is 0 Å². The lowest BCUT2D eigenvalue weighted by atomic mass is 9.51. The first kappa shape index (κ1) is 18.6. The fourth-order valence-electron chi connectivity index (χ4n) is 6.60. The maximum Gasteiger partial charge on any atom is 0.220 e. The first-order valence-electron chi connectivity index (χ1n) is 10.7. The molecule has 5 unspecified atom stereocenters. The molecule has 1 N–H and O–H groups in total. The zero-order chi connectivity index (χ0) is 19.1. The molecule has 0 radical (unpaired) electrons. The molecule has 1 aliphatic heterocycles. The smallest absolute Gasteiger partial charge is 0.220 e. The number of aromatic nitrogens is 2. The van der Waals surface area contributed by atoms with Gasteiger partial charge >= 0.3 is 0 Å². The number of fused-ring (bicyclic) bond motifs is 1. The molecule has 4 heteroatoms. The highest BCUT2D eigenvalue weighted by molar-refractivity contribution is 5.76. The fraction of sp³-hybridized carbons (Fsp3) is 0.696. The molecule has 146 valence electrons. The van der Waals surface area contributed by atoms with Crippen LogP contribution in [0.5, 0.6) is 0 Å². The Balaban J connectivity index is 1.61. The third-order valence-electron chi connectivity index (χ3n) is 8.17. The van der Waals surface area contributed by atoms with E-state index in [0.717, 1.165) is 31.5 Å². The number of hydrogen-bond donors (Lipinski definition) is 1. The van der Waals surface area contributed by atoms with Crippen molar-refractivity contribution in [3.8, 4) is 0 Å². The van der Waals surface area contributed by atoms with Crippen molar-refractivity contribution in [3.05, 3.63) is 30.4 Å². The van der Waals surface area contributed by atoms with Gasteiger partial charge in [-0.3, -0.25) is 14.8 Å². The second-order valence-corrected chi connectivity index (χ2v) is 9.44. The number of amides is 1. The van der Waals surface area contributed by atoms with Crippen LogP contribution in [-0.4, -0.2) is 22.4 Å². The van der Waals surface area contributed by atoms with Gasteiger partial charge in [0.1, 0.15) is 0 Å². The van der Waals surface area contributed by atoms with Crippen molar-refractivity contribution in [2.75, 3.05) is 6.54 Å². The highest BCUT2D eigenvalue weighted by Gasteiger charge is 2.54. The minimum atomic E-state index is 0.211. The van der Waals surface area contributed by atoms with E-state index in [1.165, 1.54) is 24.8 Å². The van der Waals surface area contributed by atoms with Gasteiger partial charge in [-0.2, -0.15) is 0 Å². The number of nitrogens with zero attached hydrogens (tertiary/aromatic N) is 2. The normalized spacial score (nSPS) is 39.3. The van der Waals surface area contributed by atoms with Crippen LogP contribution in [0.4, 0.5) is 0 Å². The third kappa shape index (κ3) is 3.11. The predicted octanol–water partition coefficient (Wildman–Crippen LogP) is 4.63. The Morgan fingerprint density at radius 3 is 2.78 bits per heavy atom. The molecular formula is C23H33N3O. The van der Waals surface area contributed by atoms with Gasteiger partial charge in [0.25, 0.3) is 0 Å². The molecule has 0 bridgehead atoms. The van der Waals surface area contributed by atoms with E-state index in [1.807, 2.05) is 12.4 Å². The molecule has 3 aliphatic rings. The van der Waals surface area contributed by atoms with E-state index >= 15 is 0 Å². The highest BCUT2D eigenvalue weighted by atomic mass is 16.1. The van der Waals surface area contributed by atoms with E-state index in [1.54, 1.807) is 6.20 Å². The van der Waals surface area contributed by atoms with Gasteiger partial charge in [-0.25, -0.2) is 0 Å². The summed E-state index contributed by atoms with van der Waals surface area (Å²) in [6.45, 7) is 8.13. The quantitative estimate of drug-likeness (QED) is 0.847. The average Bonchev–Trinajstić information content (AvgIpc) is 2.93. The largest absolute Gasteiger partial charge is 0.356 e. The summed E-state index contributed by atoms with van der Waals surface area (Å²) >= 11 is 0. The van der Waals surface area contributed by atoms with Crippen molar-refractivity contribution in [3.63, 3.8) is 0 Å². The molecule has 27 heavy (non-hydrogen) atoms. The zero-order valence-corrected chi connectivity index (χ0v) is 17.0. The van der Waals surface area contributed by atoms with Crippen molar-refractivity contribution in [2.24, 2.45) is 28.6 Å². The van der Waals surface area contributed by atoms with E-state index in [4.69, 9.17) is 0 Å². The Morgan fingerprint density at radius 1 is 1.19 bits per heavy atom. The van der Waals surface area contributed by atoms with Crippen molar-refractivity contribution in [1.29, 1.82) is 0 Å². The van der Waals surface area contributed by atoms with E-state index in [9.17, 15) is 4.79 Å². The first-order chi connectivity index (χ1) is 13.0. The molecule has 1 aromatic heterocycles. The molecule has 0 spiro atoms. The number of carbonyl (C=O) groups excluding carboxylic acids is 1. The van der Waals surface area contributed by atoms with Crippen LogP contribution >= 0.6 is 0 Å². The van der Waals surface area contributed by atoms with Gasteiger partial charge in [0.15, 0.2) is 0 Å². The van der Waals surface area contributed by atoms with Crippen molar-refractivity contribution >= 4 is 11.5 Å². The monoisotopic (exact) mass is 367 g/mol. The van der Waals surface area contributed by atoms with Gasteiger partial charge < -0.3 is 5.32 Å². The summed E-state index contributed by atoms with van der Waals surface area (Å²) in [5, 5.41) is 3.09. The maximum atomic E-state index is 11.9. The van der Waals surface area contributed by atoms with Crippen molar-refractivity contribution in [2.45, 2.75) is 65.7 Å². The maximum absolute atomic E-state index is 11.9. The van der Waals surface area contributed by atoms with E-state index in [0.29, 0.717) is 24.2 Å². The number of nitrogens with one attached hydrogen (secondary N) is 1. The summed E-state index contributed by atoms with van der Waals surface area (Å²) < 4.78 is 0. The van der Waals surface area contributed by atoms with Crippen LogP contribution in [0.1, 0.15) is 71.4 Å². The topological polar surface area (TPSA) is 54.9 Å². The minimum Gasteiger partial charge on any atom is -0.356 e. The number of allylic oxidation sites excluding steroid dienone is 2. The molecular weight excluding hydrogens is 334 g/mol. The lowest BCUT2D eigenvalue weighted by Crippen LogP contribution is -2.45.